The third-order valence-corrected chi connectivity index (χ3v) is 5.77. The van der Waals surface area contributed by atoms with Crippen LogP contribution in [0.4, 0.5) is 0 Å². The quantitative estimate of drug-likeness (QED) is 0.572. The maximum Gasteiger partial charge on any atom is 0.213 e. The zero-order chi connectivity index (χ0) is 19.0. The number of rotatable bonds is 4. The van der Waals surface area contributed by atoms with Gasteiger partial charge in [-0.05, 0) is 84.0 Å². The summed E-state index contributed by atoms with van der Waals surface area (Å²) in [4.78, 5) is 4.52. The van der Waals surface area contributed by atoms with E-state index in [1.807, 2.05) is 6.20 Å². The molecule has 0 bridgehead atoms. The Morgan fingerprint density at radius 3 is 2.44 bits per heavy atom. The minimum atomic E-state index is 0.548. The number of aromatic nitrogens is 1. The maximum atomic E-state index is 6.07. The number of benzene rings is 2. The molecule has 0 radical (unpaired) electrons. The molecule has 0 unspecified atom stereocenters. The Balaban J connectivity index is 1.58. The molecule has 0 aliphatic heterocycles. The molecular weight excluding hydrogens is 330 g/mol. The summed E-state index contributed by atoms with van der Waals surface area (Å²) in [6.45, 7) is 9.40. The number of nitrogens with zero attached hydrogens (tertiary/aromatic N) is 1. The van der Waals surface area contributed by atoms with Gasteiger partial charge in [0.15, 0.2) is 0 Å². The molecule has 0 fully saturated rings. The van der Waals surface area contributed by atoms with E-state index in [1.165, 1.54) is 44.5 Å². The largest absolute Gasteiger partial charge is 0.473 e. The highest BCUT2D eigenvalue weighted by Gasteiger charge is 2.19. The van der Waals surface area contributed by atoms with Gasteiger partial charge in [-0.25, -0.2) is 4.98 Å². The molecule has 138 valence electrons. The number of pyridine rings is 1. The monoisotopic (exact) mass is 357 g/mol. The van der Waals surface area contributed by atoms with Gasteiger partial charge in [0.05, 0.1) is 0 Å². The van der Waals surface area contributed by atoms with Gasteiger partial charge >= 0.3 is 0 Å². The van der Waals surface area contributed by atoms with Gasteiger partial charge in [0.2, 0.25) is 5.88 Å². The predicted molar refractivity (Wildman–Crippen MR) is 111 cm³/mol. The zero-order valence-corrected chi connectivity index (χ0v) is 16.7. The van der Waals surface area contributed by atoms with E-state index in [9.17, 15) is 0 Å². The molecule has 2 heteroatoms. The summed E-state index contributed by atoms with van der Waals surface area (Å²) in [7, 11) is 0. The van der Waals surface area contributed by atoms with Crippen LogP contribution in [-0.4, -0.2) is 4.98 Å². The molecule has 27 heavy (non-hydrogen) atoms. The second kappa shape index (κ2) is 7.19. The first kappa shape index (κ1) is 17.8. The van der Waals surface area contributed by atoms with Crippen LogP contribution >= 0.6 is 0 Å². The summed E-state index contributed by atoms with van der Waals surface area (Å²) in [6.07, 6.45) is 4.27. The molecule has 0 saturated heterocycles. The summed E-state index contributed by atoms with van der Waals surface area (Å²) >= 11 is 0. The van der Waals surface area contributed by atoms with Crippen molar-refractivity contribution in [2.24, 2.45) is 5.92 Å². The van der Waals surface area contributed by atoms with Crippen molar-refractivity contribution >= 4 is 0 Å². The normalized spacial score (nSPS) is 15.6. The Hall–Kier alpha value is -2.61. The van der Waals surface area contributed by atoms with E-state index in [1.54, 1.807) is 0 Å². The van der Waals surface area contributed by atoms with Gasteiger partial charge in [-0.3, -0.25) is 0 Å². The van der Waals surface area contributed by atoms with E-state index in [4.69, 9.17) is 4.74 Å². The number of hydrogen-bond acceptors (Lipinski definition) is 2. The second-order valence-corrected chi connectivity index (χ2v) is 7.95. The molecule has 3 aromatic rings. The summed E-state index contributed by atoms with van der Waals surface area (Å²) in [5.41, 5.74) is 10.5. The highest BCUT2D eigenvalue weighted by Crippen LogP contribution is 2.32. The molecule has 1 atom stereocenters. The van der Waals surface area contributed by atoms with Gasteiger partial charge in [-0.2, -0.15) is 0 Å². The molecule has 1 aliphatic rings. The van der Waals surface area contributed by atoms with Gasteiger partial charge in [0, 0.05) is 12.3 Å². The van der Waals surface area contributed by atoms with Crippen molar-refractivity contribution < 1.29 is 4.74 Å². The Bertz CT molecular complexity index is 969. The first-order chi connectivity index (χ1) is 13.0. The standard InChI is InChI=1S/C25H27NO/c1-16-11-21-13-24(26-14-22(21)12-16)27-15-20-9-6-10-23(19(20)4)25-17(2)7-5-8-18(25)3/h5-10,13-14,16H,11-12,15H2,1-4H3/t16-/m0/s1. The second-order valence-electron chi connectivity index (χ2n) is 7.95. The Labute approximate surface area is 162 Å². The molecule has 0 saturated carbocycles. The van der Waals surface area contributed by atoms with Crippen LogP contribution in [0.3, 0.4) is 0 Å². The van der Waals surface area contributed by atoms with Gasteiger partial charge in [0.1, 0.15) is 6.61 Å². The highest BCUT2D eigenvalue weighted by molar-refractivity contribution is 5.74. The fraction of sp³-hybridized carbons (Fsp3) is 0.320. The first-order valence-corrected chi connectivity index (χ1v) is 9.78. The molecule has 2 nitrogen and oxygen atoms in total. The lowest BCUT2D eigenvalue weighted by Crippen LogP contribution is -2.02. The smallest absolute Gasteiger partial charge is 0.213 e. The Morgan fingerprint density at radius 1 is 0.963 bits per heavy atom. The molecule has 0 amide bonds. The SMILES string of the molecule is Cc1cccc(C)c1-c1cccc(COc2cc3c(cn2)C[C@@H](C)C3)c1C. The van der Waals surface area contributed by atoms with Gasteiger partial charge in [-0.15, -0.1) is 0 Å². The topological polar surface area (TPSA) is 22.1 Å². The van der Waals surface area contributed by atoms with Crippen molar-refractivity contribution in [3.63, 3.8) is 0 Å². The lowest BCUT2D eigenvalue weighted by Gasteiger charge is -2.16. The van der Waals surface area contributed by atoms with Crippen molar-refractivity contribution in [3.05, 3.63) is 82.0 Å². The first-order valence-electron chi connectivity index (χ1n) is 9.78. The molecule has 4 rings (SSSR count). The highest BCUT2D eigenvalue weighted by atomic mass is 16.5. The predicted octanol–water partition coefficient (Wildman–Crippen LogP) is 5.99. The summed E-state index contributed by atoms with van der Waals surface area (Å²) in [5, 5.41) is 0. The number of ether oxygens (including phenoxy) is 1. The van der Waals surface area contributed by atoms with Gasteiger partial charge in [-0.1, -0.05) is 43.3 Å². The third kappa shape index (κ3) is 3.49. The Kier molecular flexibility index (Phi) is 4.73. The van der Waals surface area contributed by atoms with Crippen molar-refractivity contribution in [2.75, 3.05) is 0 Å². The maximum absolute atomic E-state index is 6.07. The van der Waals surface area contributed by atoms with Crippen LogP contribution in [0.15, 0.2) is 48.7 Å². The van der Waals surface area contributed by atoms with Crippen molar-refractivity contribution in [2.45, 2.75) is 47.1 Å². The molecule has 0 N–H and O–H groups in total. The molecule has 1 aliphatic carbocycles. The lowest BCUT2D eigenvalue weighted by atomic mass is 9.91. The van der Waals surface area contributed by atoms with Crippen LogP contribution in [0, 0.1) is 26.7 Å². The minimum absolute atomic E-state index is 0.548. The fourth-order valence-corrected chi connectivity index (χ4v) is 4.28. The van der Waals surface area contributed by atoms with Crippen LogP contribution in [0.5, 0.6) is 5.88 Å². The minimum Gasteiger partial charge on any atom is -0.473 e. The lowest BCUT2D eigenvalue weighted by molar-refractivity contribution is 0.293. The summed E-state index contributed by atoms with van der Waals surface area (Å²) < 4.78 is 6.07. The van der Waals surface area contributed by atoms with E-state index >= 15 is 0 Å². The molecule has 1 heterocycles. The van der Waals surface area contributed by atoms with Crippen molar-refractivity contribution in [3.8, 4) is 17.0 Å². The average Bonchev–Trinajstić information content (AvgIpc) is 3.01. The number of fused-ring (bicyclic) bond motifs is 1. The molecule has 2 aromatic carbocycles. The van der Waals surface area contributed by atoms with E-state index in [0.717, 1.165) is 18.7 Å². The van der Waals surface area contributed by atoms with Crippen LogP contribution in [0.2, 0.25) is 0 Å². The number of aryl methyl sites for hydroxylation is 2. The third-order valence-electron chi connectivity index (χ3n) is 5.77. The van der Waals surface area contributed by atoms with Crippen molar-refractivity contribution in [1.29, 1.82) is 0 Å². The van der Waals surface area contributed by atoms with E-state index in [2.05, 4.69) is 75.1 Å². The van der Waals surface area contributed by atoms with Gasteiger partial charge < -0.3 is 4.74 Å². The molecule has 0 spiro atoms. The van der Waals surface area contributed by atoms with E-state index in [-0.39, 0.29) is 0 Å². The fourth-order valence-electron chi connectivity index (χ4n) is 4.28. The van der Waals surface area contributed by atoms with Crippen molar-refractivity contribution in [1.82, 2.24) is 4.98 Å². The average molecular weight is 357 g/mol. The molecule has 1 aromatic heterocycles. The molecular formula is C25H27NO. The summed E-state index contributed by atoms with van der Waals surface area (Å²) in [5.74, 6) is 1.45. The van der Waals surface area contributed by atoms with Gasteiger partial charge in [0.25, 0.3) is 0 Å². The van der Waals surface area contributed by atoms with E-state index < -0.39 is 0 Å². The zero-order valence-electron chi connectivity index (χ0n) is 16.7. The van der Waals surface area contributed by atoms with Crippen LogP contribution in [0.25, 0.3) is 11.1 Å². The summed E-state index contributed by atoms with van der Waals surface area (Å²) in [6, 6.07) is 15.1. The van der Waals surface area contributed by atoms with Crippen LogP contribution < -0.4 is 4.74 Å². The Morgan fingerprint density at radius 2 is 1.67 bits per heavy atom. The van der Waals surface area contributed by atoms with Crippen LogP contribution in [-0.2, 0) is 19.4 Å². The van der Waals surface area contributed by atoms with E-state index in [0.29, 0.717) is 12.5 Å². The number of hydrogen-bond donors (Lipinski definition) is 0. The van der Waals surface area contributed by atoms with Crippen LogP contribution in [0.1, 0.15) is 40.3 Å².